The van der Waals surface area contributed by atoms with E-state index in [-0.39, 0.29) is 0 Å². The van der Waals surface area contributed by atoms with E-state index in [1.165, 1.54) is 76.8 Å². The van der Waals surface area contributed by atoms with Crippen LogP contribution in [-0.2, 0) is 0 Å². The molecule has 0 amide bonds. The molecule has 0 N–H and O–H groups in total. The van der Waals surface area contributed by atoms with Crippen molar-refractivity contribution in [2.75, 3.05) is 0 Å². The summed E-state index contributed by atoms with van der Waals surface area (Å²) < 4.78 is 0. The molecule has 0 unspecified atom stereocenters. The summed E-state index contributed by atoms with van der Waals surface area (Å²) in [5, 5.41) is 7.63. The molecule has 0 spiro atoms. The van der Waals surface area contributed by atoms with Crippen LogP contribution in [0.4, 0.5) is 0 Å². The van der Waals surface area contributed by atoms with Crippen molar-refractivity contribution in [3.05, 3.63) is 170 Å². The van der Waals surface area contributed by atoms with Gasteiger partial charge in [0.2, 0.25) is 0 Å². The monoisotopic (exact) mass is 532 g/mol. The van der Waals surface area contributed by atoms with Crippen molar-refractivity contribution < 1.29 is 0 Å². The fourth-order valence-corrected chi connectivity index (χ4v) is 6.58. The smallest absolute Gasteiger partial charge is 0.00201 e. The third-order valence-corrected chi connectivity index (χ3v) is 8.49. The van der Waals surface area contributed by atoms with Gasteiger partial charge in [0.1, 0.15) is 0 Å². The van der Waals surface area contributed by atoms with Gasteiger partial charge in [0, 0.05) is 0 Å². The Morgan fingerprint density at radius 2 is 0.619 bits per heavy atom. The first-order valence-electron chi connectivity index (χ1n) is 14.5. The van der Waals surface area contributed by atoms with Crippen molar-refractivity contribution in [2.24, 2.45) is 0 Å². The highest BCUT2D eigenvalue weighted by molar-refractivity contribution is 6.24. The molecule has 0 atom stereocenters. The lowest BCUT2D eigenvalue weighted by Gasteiger charge is -2.20. The number of hydrogen-bond donors (Lipinski definition) is 0. The van der Waals surface area contributed by atoms with Crippen LogP contribution in [0.15, 0.2) is 170 Å². The van der Waals surface area contributed by atoms with Crippen LogP contribution in [-0.4, -0.2) is 0 Å². The fourth-order valence-electron chi connectivity index (χ4n) is 6.58. The maximum atomic E-state index is 2.29. The van der Waals surface area contributed by atoms with Crippen molar-refractivity contribution in [3.8, 4) is 44.5 Å². The third-order valence-electron chi connectivity index (χ3n) is 8.49. The average molecular weight is 533 g/mol. The van der Waals surface area contributed by atoms with Gasteiger partial charge < -0.3 is 0 Å². The minimum absolute atomic E-state index is 1.22. The van der Waals surface area contributed by atoms with Gasteiger partial charge >= 0.3 is 0 Å². The van der Waals surface area contributed by atoms with E-state index in [1.807, 2.05) is 0 Å². The van der Waals surface area contributed by atoms with Crippen molar-refractivity contribution in [1.29, 1.82) is 0 Å². The minimum atomic E-state index is 1.22. The second-order valence-corrected chi connectivity index (χ2v) is 10.9. The van der Waals surface area contributed by atoms with Crippen LogP contribution >= 0.6 is 0 Å². The Kier molecular flexibility index (Phi) is 5.90. The zero-order chi connectivity index (χ0) is 27.9. The normalized spacial score (nSPS) is 11.3. The number of hydrogen-bond acceptors (Lipinski definition) is 0. The van der Waals surface area contributed by atoms with Gasteiger partial charge in [0.15, 0.2) is 0 Å². The van der Waals surface area contributed by atoms with Crippen molar-refractivity contribution in [2.45, 2.75) is 0 Å². The molecule has 0 saturated heterocycles. The van der Waals surface area contributed by atoms with Crippen LogP contribution in [0.5, 0.6) is 0 Å². The molecule has 0 aliphatic rings. The summed E-state index contributed by atoms with van der Waals surface area (Å²) in [4.78, 5) is 0. The van der Waals surface area contributed by atoms with Crippen LogP contribution in [0.2, 0.25) is 0 Å². The van der Waals surface area contributed by atoms with E-state index in [1.54, 1.807) is 0 Å². The first-order valence-corrected chi connectivity index (χ1v) is 14.5. The summed E-state index contributed by atoms with van der Waals surface area (Å²) >= 11 is 0. The Balaban J connectivity index is 1.40. The molecule has 196 valence electrons. The standard InChI is InChI=1S/C42H28/c1-2-13-29(14-3-1)30-25-27-32(28-26-30)34-18-6-7-19-35(34)41-37-20-8-10-22-39(37)42(40-23-11-9-21-38(40)41)36-24-12-16-31-15-4-5-17-33(31)36/h1-28H. The van der Waals surface area contributed by atoms with Crippen molar-refractivity contribution in [3.63, 3.8) is 0 Å². The predicted molar refractivity (Wildman–Crippen MR) is 181 cm³/mol. The Morgan fingerprint density at radius 1 is 0.214 bits per heavy atom. The molecular formula is C42H28. The van der Waals surface area contributed by atoms with Crippen LogP contribution in [0.25, 0.3) is 76.8 Å². The van der Waals surface area contributed by atoms with Crippen LogP contribution < -0.4 is 0 Å². The zero-order valence-electron chi connectivity index (χ0n) is 23.2. The molecule has 0 radical (unpaired) electrons. The minimum Gasteiger partial charge on any atom is -0.0622 e. The number of benzene rings is 8. The molecule has 0 saturated carbocycles. The fraction of sp³-hybridized carbons (Fsp3) is 0. The van der Waals surface area contributed by atoms with Gasteiger partial charge in [-0.1, -0.05) is 170 Å². The highest BCUT2D eigenvalue weighted by Gasteiger charge is 2.19. The molecule has 0 heterocycles. The number of fused-ring (bicyclic) bond motifs is 3. The summed E-state index contributed by atoms with van der Waals surface area (Å²) in [5.41, 5.74) is 10.0. The largest absolute Gasteiger partial charge is 0.0622 e. The van der Waals surface area contributed by atoms with Crippen molar-refractivity contribution in [1.82, 2.24) is 0 Å². The Hall–Kier alpha value is -5.46. The topological polar surface area (TPSA) is 0 Å². The van der Waals surface area contributed by atoms with E-state index in [4.69, 9.17) is 0 Å². The van der Waals surface area contributed by atoms with E-state index in [0.29, 0.717) is 0 Å². The Morgan fingerprint density at radius 3 is 1.26 bits per heavy atom. The molecule has 0 fully saturated rings. The average Bonchev–Trinajstić information content (AvgIpc) is 3.07. The summed E-state index contributed by atoms with van der Waals surface area (Å²) in [7, 11) is 0. The van der Waals surface area contributed by atoms with E-state index >= 15 is 0 Å². The molecule has 0 aromatic heterocycles. The van der Waals surface area contributed by atoms with E-state index < -0.39 is 0 Å². The predicted octanol–water partition coefficient (Wildman–Crippen LogP) is 11.8. The number of rotatable bonds is 4. The van der Waals surface area contributed by atoms with E-state index in [2.05, 4.69) is 170 Å². The summed E-state index contributed by atoms with van der Waals surface area (Å²) in [6, 6.07) is 61.7. The van der Waals surface area contributed by atoms with Gasteiger partial charge in [-0.05, 0) is 76.8 Å². The lowest BCUT2D eigenvalue weighted by molar-refractivity contribution is 1.58. The van der Waals surface area contributed by atoms with Crippen molar-refractivity contribution >= 4 is 32.3 Å². The molecule has 8 rings (SSSR count). The molecule has 42 heavy (non-hydrogen) atoms. The molecule has 8 aromatic carbocycles. The highest BCUT2D eigenvalue weighted by Crippen LogP contribution is 2.47. The van der Waals surface area contributed by atoms with Crippen LogP contribution in [0.3, 0.4) is 0 Å². The van der Waals surface area contributed by atoms with Crippen LogP contribution in [0.1, 0.15) is 0 Å². The SMILES string of the molecule is c1ccc(-c2ccc(-c3ccccc3-c3c4ccccc4c(-c4cccc5ccccc45)c4ccccc34)cc2)cc1. The molecule has 0 bridgehead atoms. The first-order chi connectivity index (χ1) is 20.9. The van der Waals surface area contributed by atoms with Gasteiger partial charge in [-0.2, -0.15) is 0 Å². The molecular weight excluding hydrogens is 504 g/mol. The van der Waals surface area contributed by atoms with Gasteiger partial charge in [-0.3, -0.25) is 0 Å². The molecule has 0 aliphatic carbocycles. The van der Waals surface area contributed by atoms with E-state index in [0.717, 1.165) is 0 Å². The Bertz CT molecular complexity index is 2160. The summed E-state index contributed by atoms with van der Waals surface area (Å²) in [6.45, 7) is 0. The quantitative estimate of drug-likeness (QED) is 0.198. The zero-order valence-corrected chi connectivity index (χ0v) is 23.2. The lowest BCUT2D eigenvalue weighted by Crippen LogP contribution is -1.93. The lowest BCUT2D eigenvalue weighted by atomic mass is 9.83. The second-order valence-electron chi connectivity index (χ2n) is 10.9. The van der Waals surface area contributed by atoms with Gasteiger partial charge in [-0.15, -0.1) is 0 Å². The molecule has 8 aromatic rings. The second kappa shape index (κ2) is 10.2. The summed E-state index contributed by atoms with van der Waals surface area (Å²) in [5.74, 6) is 0. The van der Waals surface area contributed by atoms with E-state index in [9.17, 15) is 0 Å². The molecule has 0 aliphatic heterocycles. The molecule has 0 heteroatoms. The maximum absolute atomic E-state index is 2.29. The van der Waals surface area contributed by atoms with Crippen LogP contribution in [0, 0.1) is 0 Å². The maximum Gasteiger partial charge on any atom is -0.00201 e. The van der Waals surface area contributed by atoms with Gasteiger partial charge in [0.05, 0.1) is 0 Å². The Labute approximate surface area is 246 Å². The molecule has 0 nitrogen and oxygen atoms in total. The van der Waals surface area contributed by atoms with Gasteiger partial charge in [0.25, 0.3) is 0 Å². The highest BCUT2D eigenvalue weighted by atomic mass is 14.2. The summed E-state index contributed by atoms with van der Waals surface area (Å²) in [6.07, 6.45) is 0. The third kappa shape index (κ3) is 4.00. The van der Waals surface area contributed by atoms with Gasteiger partial charge in [-0.25, -0.2) is 0 Å². The first kappa shape index (κ1) is 24.3.